The number of hydrogen-bond donors (Lipinski definition) is 0. The van der Waals surface area contributed by atoms with Gasteiger partial charge >= 0.3 is 0 Å². The highest BCUT2D eigenvalue weighted by molar-refractivity contribution is 5.34. The van der Waals surface area contributed by atoms with E-state index < -0.39 is 0 Å². The molecule has 4 bridgehead atoms. The highest BCUT2D eigenvalue weighted by Crippen LogP contribution is 2.57. The van der Waals surface area contributed by atoms with Crippen LogP contribution in [-0.4, -0.2) is 5.54 Å². The Kier molecular flexibility index (Phi) is 2.33. The second-order valence-electron chi connectivity index (χ2n) is 6.68. The molecule has 1 aromatic rings. The monoisotopic (exact) mass is 240 g/mol. The molecule has 4 aliphatic rings. The van der Waals surface area contributed by atoms with Crippen LogP contribution >= 0.6 is 0 Å². The molecule has 1 aromatic carbocycles. The first-order valence-electron chi connectivity index (χ1n) is 7.29. The van der Waals surface area contributed by atoms with Gasteiger partial charge in [0, 0.05) is 0 Å². The third-order valence-corrected chi connectivity index (χ3v) is 5.14. The van der Waals surface area contributed by atoms with Gasteiger partial charge in [0.25, 0.3) is 0 Å². The van der Waals surface area contributed by atoms with Gasteiger partial charge in [-0.25, -0.2) is 0 Å². The Labute approximate surface area is 109 Å². The SMILES string of the molecule is c1ccc(/N=N/C23CC4CC(CC(C4)C2)C3)cc1. The number of benzene rings is 1. The number of hydrogen-bond acceptors (Lipinski definition) is 2. The first-order valence-corrected chi connectivity index (χ1v) is 7.29. The van der Waals surface area contributed by atoms with Crippen molar-refractivity contribution >= 4 is 5.69 Å². The van der Waals surface area contributed by atoms with Gasteiger partial charge in [-0.3, -0.25) is 0 Å². The predicted molar refractivity (Wildman–Crippen MR) is 71.9 cm³/mol. The van der Waals surface area contributed by atoms with E-state index in [4.69, 9.17) is 5.11 Å². The minimum atomic E-state index is 0.213. The van der Waals surface area contributed by atoms with E-state index in [9.17, 15) is 0 Å². The molecule has 0 aliphatic heterocycles. The molecule has 0 spiro atoms. The maximum Gasteiger partial charge on any atom is 0.0852 e. The normalized spacial score (nSPS) is 41.7. The van der Waals surface area contributed by atoms with Crippen molar-refractivity contribution < 1.29 is 0 Å². The summed E-state index contributed by atoms with van der Waals surface area (Å²) < 4.78 is 0. The molecular formula is C16H20N2. The van der Waals surface area contributed by atoms with Crippen molar-refractivity contribution in [2.24, 2.45) is 28.0 Å². The van der Waals surface area contributed by atoms with Crippen LogP contribution in [0.1, 0.15) is 38.5 Å². The van der Waals surface area contributed by atoms with E-state index in [1.54, 1.807) is 0 Å². The Hall–Kier alpha value is -1.18. The molecule has 5 rings (SSSR count). The Morgan fingerprint density at radius 1 is 0.833 bits per heavy atom. The van der Waals surface area contributed by atoms with E-state index in [0.717, 1.165) is 23.4 Å². The van der Waals surface area contributed by atoms with E-state index in [0.29, 0.717) is 0 Å². The molecule has 4 saturated carbocycles. The molecule has 0 radical (unpaired) electrons. The summed E-state index contributed by atoms with van der Waals surface area (Å²) in [6.45, 7) is 0. The van der Waals surface area contributed by atoms with Gasteiger partial charge in [-0.05, 0) is 68.4 Å². The van der Waals surface area contributed by atoms with Crippen LogP contribution in [0, 0.1) is 17.8 Å². The Morgan fingerprint density at radius 2 is 1.39 bits per heavy atom. The molecule has 0 heterocycles. The fourth-order valence-electron chi connectivity index (χ4n) is 4.85. The fourth-order valence-corrected chi connectivity index (χ4v) is 4.85. The molecule has 2 heteroatoms. The molecule has 2 nitrogen and oxygen atoms in total. The van der Waals surface area contributed by atoms with Crippen LogP contribution in [0.2, 0.25) is 0 Å². The number of rotatable bonds is 2. The van der Waals surface area contributed by atoms with Gasteiger partial charge in [0.15, 0.2) is 0 Å². The zero-order valence-electron chi connectivity index (χ0n) is 10.8. The van der Waals surface area contributed by atoms with E-state index >= 15 is 0 Å². The summed E-state index contributed by atoms with van der Waals surface area (Å²) in [4.78, 5) is 0. The standard InChI is InChI=1S/C16H20N2/c1-2-4-15(5-3-1)17-18-16-9-12-6-13(10-16)8-14(7-12)11-16/h1-5,12-14H,6-11H2/b18-17+. The average molecular weight is 240 g/mol. The lowest BCUT2D eigenvalue weighted by Crippen LogP contribution is -2.49. The molecule has 0 unspecified atom stereocenters. The first kappa shape index (κ1) is 10.7. The Balaban J connectivity index is 1.59. The van der Waals surface area contributed by atoms with Crippen molar-refractivity contribution in [3.05, 3.63) is 30.3 Å². The third kappa shape index (κ3) is 1.79. The maximum absolute atomic E-state index is 4.81. The van der Waals surface area contributed by atoms with Crippen LogP contribution in [0.15, 0.2) is 40.6 Å². The largest absolute Gasteiger partial charge is 0.182 e. The lowest BCUT2D eigenvalue weighted by molar-refractivity contribution is -0.00155. The first-order chi connectivity index (χ1) is 8.81. The van der Waals surface area contributed by atoms with Crippen LogP contribution in [0.25, 0.3) is 0 Å². The molecule has 0 atom stereocenters. The predicted octanol–water partition coefficient (Wildman–Crippen LogP) is 4.74. The maximum atomic E-state index is 4.81. The molecule has 4 aliphatic carbocycles. The molecule has 0 N–H and O–H groups in total. The van der Waals surface area contributed by atoms with Crippen molar-refractivity contribution in [3.8, 4) is 0 Å². The van der Waals surface area contributed by atoms with Crippen LogP contribution in [0.3, 0.4) is 0 Å². The molecule has 94 valence electrons. The second-order valence-corrected chi connectivity index (χ2v) is 6.68. The second kappa shape index (κ2) is 3.91. The molecule has 18 heavy (non-hydrogen) atoms. The third-order valence-electron chi connectivity index (χ3n) is 5.14. The van der Waals surface area contributed by atoms with Crippen molar-refractivity contribution in [3.63, 3.8) is 0 Å². The van der Waals surface area contributed by atoms with Crippen LogP contribution in [0.4, 0.5) is 5.69 Å². The molecule has 0 aromatic heterocycles. The van der Waals surface area contributed by atoms with Crippen molar-refractivity contribution in [2.45, 2.75) is 44.1 Å². The summed E-state index contributed by atoms with van der Waals surface area (Å²) >= 11 is 0. The summed E-state index contributed by atoms with van der Waals surface area (Å²) in [6.07, 6.45) is 8.32. The van der Waals surface area contributed by atoms with Gasteiger partial charge in [-0.2, -0.15) is 10.2 Å². The van der Waals surface area contributed by atoms with Crippen LogP contribution in [0.5, 0.6) is 0 Å². The molecular weight excluding hydrogens is 220 g/mol. The summed E-state index contributed by atoms with van der Waals surface area (Å²) in [7, 11) is 0. The van der Waals surface area contributed by atoms with Crippen molar-refractivity contribution in [2.75, 3.05) is 0 Å². The summed E-state index contributed by atoms with van der Waals surface area (Å²) in [6, 6.07) is 10.2. The zero-order chi connectivity index (χ0) is 12.0. The lowest BCUT2D eigenvalue weighted by atomic mass is 9.53. The van der Waals surface area contributed by atoms with E-state index in [1.165, 1.54) is 38.5 Å². The molecule has 4 fully saturated rings. The van der Waals surface area contributed by atoms with Gasteiger partial charge in [0.2, 0.25) is 0 Å². The summed E-state index contributed by atoms with van der Waals surface area (Å²) in [5, 5.41) is 9.33. The van der Waals surface area contributed by atoms with E-state index in [1.807, 2.05) is 30.3 Å². The van der Waals surface area contributed by atoms with Gasteiger partial charge in [-0.15, -0.1) is 0 Å². The number of azo groups is 1. The molecule has 0 saturated heterocycles. The molecule has 0 amide bonds. The Bertz CT molecular complexity index is 428. The van der Waals surface area contributed by atoms with Gasteiger partial charge < -0.3 is 0 Å². The summed E-state index contributed by atoms with van der Waals surface area (Å²) in [5.41, 5.74) is 1.22. The zero-order valence-corrected chi connectivity index (χ0v) is 10.8. The smallest absolute Gasteiger partial charge is 0.0852 e. The van der Waals surface area contributed by atoms with Crippen LogP contribution in [-0.2, 0) is 0 Å². The highest BCUT2D eigenvalue weighted by Gasteiger charge is 2.51. The minimum absolute atomic E-state index is 0.213. The van der Waals surface area contributed by atoms with E-state index in [2.05, 4.69) is 5.11 Å². The van der Waals surface area contributed by atoms with E-state index in [-0.39, 0.29) is 5.54 Å². The van der Waals surface area contributed by atoms with Gasteiger partial charge in [-0.1, -0.05) is 18.2 Å². The van der Waals surface area contributed by atoms with Crippen molar-refractivity contribution in [1.29, 1.82) is 0 Å². The van der Waals surface area contributed by atoms with Crippen LogP contribution < -0.4 is 0 Å². The average Bonchev–Trinajstić information content (AvgIpc) is 2.36. The summed E-state index contributed by atoms with van der Waals surface area (Å²) in [5.74, 6) is 2.85. The van der Waals surface area contributed by atoms with Crippen molar-refractivity contribution in [1.82, 2.24) is 0 Å². The quantitative estimate of drug-likeness (QED) is 0.667. The lowest BCUT2D eigenvalue weighted by Gasteiger charge is -2.54. The number of nitrogens with zero attached hydrogens (tertiary/aromatic N) is 2. The topological polar surface area (TPSA) is 24.7 Å². The Morgan fingerprint density at radius 3 is 1.94 bits per heavy atom. The minimum Gasteiger partial charge on any atom is -0.182 e. The highest BCUT2D eigenvalue weighted by atomic mass is 15.2. The fraction of sp³-hybridized carbons (Fsp3) is 0.625. The van der Waals surface area contributed by atoms with Gasteiger partial charge in [0.05, 0.1) is 11.2 Å². The van der Waals surface area contributed by atoms with Gasteiger partial charge in [0.1, 0.15) is 0 Å².